The van der Waals surface area contributed by atoms with Crippen molar-refractivity contribution in [3.63, 3.8) is 0 Å². The van der Waals surface area contributed by atoms with Gasteiger partial charge < -0.3 is 5.32 Å². The van der Waals surface area contributed by atoms with Crippen LogP contribution in [-0.2, 0) is 17.8 Å². The van der Waals surface area contributed by atoms with Gasteiger partial charge in [-0.25, -0.2) is 4.39 Å². The van der Waals surface area contributed by atoms with Crippen molar-refractivity contribution in [1.82, 2.24) is 10.2 Å². The number of nitrogens with zero attached hydrogens (tertiary/aromatic N) is 2. The van der Waals surface area contributed by atoms with Gasteiger partial charge in [0.2, 0.25) is 5.91 Å². The van der Waals surface area contributed by atoms with E-state index in [-0.39, 0.29) is 17.6 Å². The quantitative estimate of drug-likeness (QED) is 0.579. The topological polar surface area (TPSA) is 52.7 Å². The predicted molar refractivity (Wildman–Crippen MR) is 135 cm³/mol. The smallest absolute Gasteiger partial charge is 0.259 e. The Bertz CT molecular complexity index is 1190. The van der Waals surface area contributed by atoms with E-state index in [0.717, 1.165) is 42.7 Å². The molecule has 1 saturated heterocycles. The molecule has 0 spiro atoms. The molecule has 1 fully saturated rings. The summed E-state index contributed by atoms with van der Waals surface area (Å²) in [4.78, 5) is 30.6. The molecule has 5 rings (SSSR count). The van der Waals surface area contributed by atoms with Crippen molar-refractivity contribution >= 4 is 17.5 Å². The zero-order valence-corrected chi connectivity index (χ0v) is 19.7. The maximum absolute atomic E-state index is 14.0. The van der Waals surface area contributed by atoms with Crippen LogP contribution in [0.3, 0.4) is 0 Å². The van der Waals surface area contributed by atoms with Gasteiger partial charge in [-0.05, 0) is 61.7 Å². The van der Waals surface area contributed by atoms with E-state index in [0.29, 0.717) is 31.0 Å². The number of benzene rings is 3. The number of piperidine rings is 1. The molecule has 2 aliphatic rings. The van der Waals surface area contributed by atoms with Gasteiger partial charge in [0.15, 0.2) is 0 Å². The van der Waals surface area contributed by atoms with Crippen molar-refractivity contribution in [2.75, 3.05) is 24.5 Å². The minimum Gasteiger partial charge on any atom is -0.354 e. The zero-order valence-electron chi connectivity index (χ0n) is 19.7. The Hall–Kier alpha value is -3.51. The third kappa shape index (κ3) is 5.13. The summed E-state index contributed by atoms with van der Waals surface area (Å²) >= 11 is 0. The molecule has 2 aliphatic heterocycles. The fourth-order valence-electron chi connectivity index (χ4n) is 5.15. The van der Waals surface area contributed by atoms with Crippen molar-refractivity contribution in [2.24, 2.45) is 5.92 Å². The summed E-state index contributed by atoms with van der Waals surface area (Å²) in [5.41, 5.74) is 3.12. The van der Waals surface area contributed by atoms with Crippen LogP contribution < -0.4 is 10.2 Å². The molecule has 3 aromatic rings. The normalized spacial score (nSPS) is 18.3. The van der Waals surface area contributed by atoms with Crippen LogP contribution in [0.2, 0.25) is 0 Å². The van der Waals surface area contributed by atoms with Gasteiger partial charge in [-0.15, -0.1) is 0 Å². The van der Waals surface area contributed by atoms with E-state index in [1.165, 1.54) is 6.07 Å². The van der Waals surface area contributed by atoms with Crippen LogP contribution in [0.4, 0.5) is 10.1 Å². The Labute approximate surface area is 205 Å². The Morgan fingerprint density at radius 2 is 1.57 bits per heavy atom. The first-order valence-electron chi connectivity index (χ1n) is 12.3. The number of fused-ring (bicyclic) bond motifs is 1. The van der Waals surface area contributed by atoms with Gasteiger partial charge in [0.25, 0.3) is 5.91 Å². The van der Waals surface area contributed by atoms with Gasteiger partial charge >= 0.3 is 0 Å². The van der Waals surface area contributed by atoms with Crippen molar-refractivity contribution in [2.45, 2.75) is 31.8 Å². The zero-order chi connectivity index (χ0) is 24.2. The second kappa shape index (κ2) is 10.4. The average Bonchev–Trinajstić information content (AvgIpc) is 3.29. The highest BCUT2D eigenvalue weighted by molar-refractivity contribution is 6.11. The summed E-state index contributed by atoms with van der Waals surface area (Å²) in [6, 6.07) is 23.2. The molecule has 0 aromatic heterocycles. The van der Waals surface area contributed by atoms with Crippen molar-refractivity contribution < 1.29 is 14.0 Å². The first-order valence-corrected chi connectivity index (χ1v) is 12.3. The Morgan fingerprint density at radius 3 is 2.34 bits per heavy atom. The number of amides is 2. The van der Waals surface area contributed by atoms with Gasteiger partial charge in [0.1, 0.15) is 11.9 Å². The molecule has 2 amide bonds. The molecular weight excluding hydrogens is 441 g/mol. The van der Waals surface area contributed by atoms with E-state index in [4.69, 9.17) is 0 Å². The molecule has 5 nitrogen and oxygen atoms in total. The van der Waals surface area contributed by atoms with E-state index < -0.39 is 6.04 Å². The minimum atomic E-state index is -0.554. The summed E-state index contributed by atoms with van der Waals surface area (Å²) in [7, 11) is 0. The molecule has 0 bridgehead atoms. The second-order valence-corrected chi connectivity index (χ2v) is 9.45. The number of halogens is 1. The lowest BCUT2D eigenvalue weighted by atomic mass is 9.96. The lowest BCUT2D eigenvalue weighted by Gasteiger charge is -2.32. The minimum absolute atomic E-state index is 0.112. The Kier molecular flexibility index (Phi) is 6.91. The standard InChI is InChI=1S/C29H30FN3O2/c30-25-12-6-4-11-24(25)20-32-16-14-21(15-17-32)19-31-28(34)27-18-23-10-5-7-13-26(23)33(27)29(35)22-8-2-1-3-9-22/h1-13,21,27H,14-20H2,(H,31,34)/t27-/m1/s1. The monoisotopic (exact) mass is 471 g/mol. The highest BCUT2D eigenvalue weighted by Crippen LogP contribution is 2.33. The molecule has 0 radical (unpaired) electrons. The number of hydrogen-bond acceptors (Lipinski definition) is 3. The number of rotatable bonds is 6. The first-order chi connectivity index (χ1) is 17.1. The highest BCUT2D eigenvalue weighted by Gasteiger charge is 2.38. The van der Waals surface area contributed by atoms with Gasteiger partial charge in [-0.2, -0.15) is 0 Å². The third-order valence-corrected chi connectivity index (χ3v) is 7.14. The number of para-hydroxylation sites is 1. The van der Waals surface area contributed by atoms with Crippen LogP contribution in [0.25, 0.3) is 0 Å². The van der Waals surface area contributed by atoms with Gasteiger partial charge in [0.05, 0.1) is 0 Å². The number of anilines is 1. The van der Waals surface area contributed by atoms with Gasteiger partial charge in [-0.1, -0.05) is 54.6 Å². The lowest BCUT2D eigenvalue weighted by Crippen LogP contribution is -2.49. The van der Waals surface area contributed by atoms with Crippen LogP contribution in [0.15, 0.2) is 78.9 Å². The first kappa shape index (κ1) is 23.2. The third-order valence-electron chi connectivity index (χ3n) is 7.14. The lowest BCUT2D eigenvalue weighted by molar-refractivity contribution is -0.122. The molecule has 6 heteroatoms. The molecule has 3 aromatic carbocycles. The maximum Gasteiger partial charge on any atom is 0.259 e. The molecule has 180 valence electrons. The SMILES string of the molecule is O=C(NCC1CCN(Cc2ccccc2F)CC1)[C@H]1Cc2ccccc2N1C(=O)c1ccccc1. The number of hydrogen-bond donors (Lipinski definition) is 1. The van der Waals surface area contributed by atoms with Crippen LogP contribution >= 0.6 is 0 Å². The number of nitrogens with one attached hydrogen (secondary N) is 1. The summed E-state index contributed by atoms with van der Waals surface area (Å²) in [5.74, 6) is -0.0525. The van der Waals surface area contributed by atoms with Crippen molar-refractivity contribution in [1.29, 1.82) is 0 Å². The molecule has 1 N–H and O–H groups in total. The average molecular weight is 472 g/mol. The summed E-state index contributed by atoms with van der Waals surface area (Å²) < 4.78 is 14.0. The molecule has 0 aliphatic carbocycles. The van der Waals surface area contributed by atoms with Crippen LogP contribution in [0.1, 0.15) is 34.3 Å². The van der Waals surface area contributed by atoms with Crippen molar-refractivity contribution in [3.8, 4) is 0 Å². The Balaban J connectivity index is 1.19. The summed E-state index contributed by atoms with van der Waals surface area (Å²) in [6.45, 7) is 2.96. The van der Waals surface area contributed by atoms with E-state index in [1.54, 1.807) is 23.1 Å². The molecule has 2 heterocycles. The number of likely N-dealkylation sites (tertiary alicyclic amines) is 1. The number of carbonyl (C=O) groups excluding carboxylic acids is 2. The Morgan fingerprint density at radius 1 is 0.886 bits per heavy atom. The van der Waals surface area contributed by atoms with E-state index >= 15 is 0 Å². The molecule has 0 saturated carbocycles. The molecule has 35 heavy (non-hydrogen) atoms. The van der Waals surface area contributed by atoms with Crippen LogP contribution in [-0.4, -0.2) is 42.4 Å². The van der Waals surface area contributed by atoms with Gasteiger partial charge in [0, 0.05) is 36.3 Å². The maximum atomic E-state index is 14.0. The fourth-order valence-corrected chi connectivity index (χ4v) is 5.15. The van der Waals surface area contributed by atoms with Crippen molar-refractivity contribution in [3.05, 3.63) is 101 Å². The van der Waals surface area contributed by atoms with Crippen LogP contribution in [0.5, 0.6) is 0 Å². The molecule has 0 unspecified atom stereocenters. The van der Waals surface area contributed by atoms with E-state index in [1.807, 2.05) is 54.6 Å². The summed E-state index contributed by atoms with van der Waals surface area (Å²) in [5, 5.41) is 3.13. The highest BCUT2D eigenvalue weighted by atomic mass is 19.1. The van der Waals surface area contributed by atoms with Crippen LogP contribution in [0, 0.1) is 11.7 Å². The van der Waals surface area contributed by atoms with Gasteiger partial charge in [-0.3, -0.25) is 19.4 Å². The van der Waals surface area contributed by atoms with E-state index in [9.17, 15) is 14.0 Å². The van der Waals surface area contributed by atoms with E-state index in [2.05, 4.69) is 10.2 Å². The number of carbonyl (C=O) groups is 2. The molecular formula is C29H30FN3O2. The second-order valence-electron chi connectivity index (χ2n) is 9.45. The summed E-state index contributed by atoms with van der Waals surface area (Å²) in [6.07, 6.45) is 2.42. The predicted octanol–water partition coefficient (Wildman–Crippen LogP) is 4.43. The largest absolute Gasteiger partial charge is 0.354 e. The fraction of sp³-hybridized carbons (Fsp3) is 0.310. The molecule has 1 atom stereocenters.